The second kappa shape index (κ2) is 6.24. The first kappa shape index (κ1) is 14.8. The van der Waals surface area contributed by atoms with E-state index in [0.717, 1.165) is 5.56 Å². The minimum Gasteiger partial charge on any atom is -0.456 e. The fraction of sp³-hybridized carbons (Fsp3) is 0.143. The lowest BCUT2D eigenvalue weighted by molar-refractivity contribution is -0.384. The van der Waals surface area contributed by atoms with Gasteiger partial charge in [-0.3, -0.25) is 10.1 Å². The lowest BCUT2D eigenvalue weighted by atomic mass is 10.2. The number of nitro groups is 1. The van der Waals surface area contributed by atoms with Crippen LogP contribution in [0.15, 0.2) is 36.4 Å². The Bertz CT molecular complexity index is 661. The first-order valence-electron chi connectivity index (χ1n) is 5.78. The van der Waals surface area contributed by atoms with Crippen LogP contribution in [-0.2, 0) is 5.33 Å². The van der Waals surface area contributed by atoms with Gasteiger partial charge in [0, 0.05) is 17.5 Å². The average Bonchev–Trinajstić information content (AvgIpc) is 2.42. The fourth-order valence-corrected chi connectivity index (χ4v) is 2.28. The van der Waals surface area contributed by atoms with Crippen LogP contribution in [0.1, 0.15) is 11.1 Å². The first-order valence-corrected chi connectivity index (χ1v) is 7.28. The largest absolute Gasteiger partial charge is 0.456 e. The summed E-state index contributed by atoms with van der Waals surface area (Å²) in [6, 6.07) is 9.93. The number of nitro benzene ring substituents is 1. The number of benzene rings is 2. The third kappa shape index (κ3) is 3.29. The molecular weight excluding hydrogens is 346 g/mol. The molecule has 2 aromatic carbocycles. The van der Waals surface area contributed by atoms with Gasteiger partial charge in [0.25, 0.3) is 5.69 Å². The van der Waals surface area contributed by atoms with Gasteiger partial charge in [-0.25, -0.2) is 0 Å². The summed E-state index contributed by atoms with van der Waals surface area (Å²) in [7, 11) is 0. The second-order valence-electron chi connectivity index (χ2n) is 4.21. The summed E-state index contributed by atoms with van der Waals surface area (Å²) in [5.41, 5.74) is 1.76. The Hall–Kier alpha value is -1.59. The maximum Gasteiger partial charge on any atom is 0.269 e. The average molecular weight is 357 g/mol. The molecule has 4 nitrogen and oxygen atoms in total. The number of nitrogens with zero attached hydrogens (tertiary/aromatic N) is 1. The summed E-state index contributed by atoms with van der Waals surface area (Å²) in [6.07, 6.45) is 0. The van der Waals surface area contributed by atoms with Gasteiger partial charge in [-0.15, -0.1) is 0 Å². The molecular formula is C14H11BrClNO3. The van der Waals surface area contributed by atoms with E-state index in [1.165, 1.54) is 12.1 Å². The zero-order valence-electron chi connectivity index (χ0n) is 10.6. The molecule has 0 N–H and O–H groups in total. The van der Waals surface area contributed by atoms with Crippen molar-refractivity contribution >= 4 is 33.2 Å². The van der Waals surface area contributed by atoms with Gasteiger partial charge in [0.15, 0.2) is 0 Å². The van der Waals surface area contributed by atoms with Crippen LogP contribution in [0.25, 0.3) is 0 Å². The number of halogens is 2. The number of non-ortho nitro benzene ring substituents is 1. The van der Waals surface area contributed by atoms with Crippen LogP contribution in [-0.4, -0.2) is 4.92 Å². The van der Waals surface area contributed by atoms with Gasteiger partial charge in [0.05, 0.1) is 9.95 Å². The van der Waals surface area contributed by atoms with E-state index in [-0.39, 0.29) is 5.69 Å². The number of hydrogen-bond acceptors (Lipinski definition) is 3. The van der Waals surface area contributed by atoms with Crippen LogP contribution >= 0.6 is 27.5 Å². The molecule has 0 spiro atoms. The van der Waals surface area contributed by atoms with E-state index in [4.69, 9.17) is 16.3 Å². The van der Waals surface area contributed by atoms with Crippen molar-refractivity contribution in [2.24, 2.45) is 0 Å². The highest BCUT2D eigenvalue weighted by atomic mass is 79.9. The molecule has 0 radical (unpaired) electrons. The third-order valence-electron chi connectivity index (χ3n) is 2.74. The van der Waals surface area contributed by atoms with Crippen molar-refractivity contribution in [2.75, 3.05) is 0 Å². The zero-order valence-corrected chi connectivity index (χ0v) is 12.9. The van der Waals surface area contributed by atoms with Crippen molar-refractivity contribution < 1.29 is 9.66 Å². The normalized spacial score (nSPS) is 10.3. The van der Waals surface area contributed by atoms with Crippen molar-refractivity contribution in [2.45, 2.75) is 12.3 Å². The van der Waals surface area contributed by atoms with E-state index in [9.17, 15) is 10.1 Å². The van der Waals surface area contributed by atoms with Crippen molar-refractivity contribution in [3.05, 3.63) is 62.7 Å². The summed E-state index contributed by atoms with van der Waals surface area (Å²) < 4.78 is 5.70. The molecule has 0 saturated carbocycles. The molecule has 0 bridgehead atoms. The van der Waals surface area contributed by atoms with Crippen LogP contribution in [0.5, 0.6) is 11.5 Å². The van der Waals surface area contributed by atoms with Gasteiger partial charge in [-0.2, -0.15) is 0 Å². The molecule has 20 heavy (non-hydrogen) atoms. The summed E-state index contributed by atoms with van der Waals surface area (Å²) in [6.45, 7) is 1.75. The van der Waals surface area contributed by atoms with E-state index in [1.54, 1.807) is 19.1 Å². The van der Waals surface area contributed by atoms with Crippen LogP contribution in [0.3, 0.4) is 0 Å². The third-order valence-corrected chi connectivity index (χ3v) is 3.68. The molecule has 0 amide bonds. The van der Waals surface area contributed by atoms with E-state index < -0.39 is 4.92 Å². The van der Waals surface area contributed by atoms with E-state index >= 15 is 0 Å². The lowest BCUT2D eigenvalue weighted by Crippen LogP contribution is -1.92. The maximum atomic E-state index is 10.7. The van der Waals surface area contributed by atoms with Gasteiger partial charge >= 0.3 is 0 Å². The zero-order chi connectivity index (χ0) is 14.7. The van der Waals surface area contributed by atoms with E-state index in [2.05, 4.69) is 15.9 Å². The summed E-state index contributed by atoms with van der Waals surface area (Å²) >= 11 is 9.49. The fourth-order valence-electron chi connectivity index (χ4n) is 1.69. The molecule has 0 saturated heterocycles. The van der Waals surface area contributed by atoms with E-state index in [1.807, 2.05) is 12.1 Å². The number of alkyl halides is 1. The molecule has 104 valence electrons. The minimum absolute atomic E-state index is 0.0376. The number of hydrogen-bond donors (Lipinski definition) is 0. The number of rotatable bonds is 4. The van der Waals surface area contributed by atoms with Crippen LogP contribution in [0.2, 0.25) is 5.02 Å². The van der Waals surface area contributed by atoms with E-state index in [0.29, 0.717) is 27.4 Å². The van der Waals surface area contributed by atoms with Crippen molar-refractivity contribution in [1.82, 2.24) is 0 Å². The van der Waals surface area contributed by atoms with Gasteiger partial charge in [0.2, 0.25) is 0 Å². The molecule has 2 aromatic rings. The van der Waals surface area contributed by atoms with Gasteiger partial charge < -0.3 is 4.74 Å². The highest BCUT2D eigenvalue weighted by Crippen LogP contribution is 2.33. The molecule has 0 aliphatic carbocycles. The smallest absolute Gasteiger partial charge is 0.269 e. The molecule has 6 heteroatoms. The monoisotopic (exact) mass is 355 g/mol. The van der Waals surface area contributed by atoms with Gasteiger partial charge in [-0.1, -0.05) is 33.6 Å². The van der Waals surface area contributed by atoms with Crippen LogP contribution in [0, 0.1) is 17.0 Å². The quantitative estimate of drug-likeness (QED) is 0.427. The lowest BCUT2D eigenvalue weighted by Gasteiger charge is -2.10. The molecule has 0 unspecified atom stereocenters. The number of aryl methyl sites for hydroxylation is 1. The summed E-state index contributed by atoms with van der Waals surface area (Å²) in [5.74, 6) is 1.07. The highest BCUT2D eigenvalue weighted by molar-refractivity contribution is 9.08. The Labute approximate surface area is 129 Å². The van der Waals surface area contributed by atoms with Crippen molar-refractivity contribution in [3.8, 4) is 11.5 Å². The topological polar surface area (TPSA) is 52.4 Å². The predicted octanol–water partition coefficient (Wildman–Crippen LogP) is 5.24. The molecule has 0 aliphatic heterocycles. The predicted molar refractivity (Wildman–Crippen MR) is 82.0 cm³/mol. The Balaban J connectivity index is 2.28. The second-order valence-corrected chi connectivity index (χ2v) is 5.18. The summed E-state index contributed by atoms with van der Waals surface area (Å²) in [5, 5.41) is 11.9. The van der Waals surface area contributed by atoms with Gasteiger partial charge in [-0.05, 0) is 36.2 Å². The summed E-state index contributed by atoms with van der Waals surface area (Å²) in [4.78, 5) is 10.3. The standard InChI is InChI=1S/C14H11BrClNO3/c1-9-6-11(17(18)19)3-5-13(9)20-14-4-2-10(8-15)7-12(14)16/h2-7H,8H2,1H3. The Morgan fingerprint density at radius 2 is 1.95 bits per heavy atom. The minimum atomic E-state index is -0.436. The molecule has 0 aliphatic rings. The Morgan fingerprint density at radius 1 is 1.25 bits per heavy atom. The highest BCUT2D eigenvalue weighted by Gasteiger charge is 2.11. The molecule has 0 atom stereocenters. The molecule has 2 rings (SSSR count). The molecule has 0 fully saturated rings. The SMILES string of the molecule is Cc1cc([N+](=O)[O-])ccc1Oc1ccc(CBr)cc1Cl. The van der Waals surface area contributed by atoms with Crippen molar-refractivity contribution in [1.29, 1.82) is 0 Å². The Kier molecular flexibility index (Phi) is 4.62. The van der Waals surface area contributed by atoms with Crippen molar-refractivity contribution in [3.63, 3.8) is 0 Å². The maximum absolute atomic E-state index is 10.7. The van der Waals surface area contributed by atoms with Gasteiger partial charge in [0.1, 0.15) is 11.5 Å². The Morgan fingerprint density at radius 3 is 2.50 bits per heavy atom. The first-order chi connectivity index (χ1) is 9.51. The van der Waals surface area contributed by atoms with Crippen LogP contribution < -0.4 is 4.74 Å². The molecule has 0 heterocycles. The number of ether oxygens (including phenoxy) is 1. The van der Waals surface area contributed by atoms with Crippen LogP contribution in [0.4, 0.5) is 5.69 Å². The molecule has 0 aromatic heterocycles.